The van der Waals surface area contributed by atoms with Gasteiger partial charge in [-0.25, -0.2) is 14.8 Å². The van der Waals surface area contributed by atoms with Crippen LogP contribution in [0.5, 0.6) is 0 Å². The van der Waals surface area contributed by atoms with Gasteiger partial charge in [-0.2, -0.15) is 4.98 Å². The lowest BCUT2D eigenvalue weighted by Crippen LogP contribution is -2.51. The van der Waals surface area contributed by atoms with E-state index in [0.29, 0.717) is 11.4 Å². The Bertz CT molecular complexity index is 2100. The zero-order valence-corrected chi connectivity index (χ0v) is 28.2. The van der Waals surface area contributed by atoms with Gasteiger partial charge in [0.05, 0.1) is 36.7 Å². The van der Waals surface area contributed by atoms with Gasteiger partial charge in [0.2, 0.25) is 17.8 Å². The first-order chi connectivity index (χ1) is 25.2. The number of carboxylic acid groups (broad SMARTS) is 3. The molecule has 1 unspecified atom stereocenters. The Balaban J connectivity index is 1.00. The minimum Gasteiger partial charge on any atom is -0.481 e. The molecule has 22 heteroatoms. The molecule has 0 bridgehead atoms. The molecule has 3 fully saturated rings. The number of hydrogen-bond donors (Lipinski definition) is 9. The number of carbonyl (C=O) groups is 7. The van der Waals surface area contributed by atoms with Crippen LogP contribution in [0.3, 0.4) is 0 Å². The topological polar surface area (TPSA) is 329 Å². The Morgan fingerprint density at radius 1 is 1.08 bits per heavy atom. The third-order valence-corrected chi connectivity index (χ3v) is 10.6. The number of hydrogen-bond acceptors (Lipinski definition) is 15. The van der Waals surface area contributed by atoms with Crippen molar-refractivity contribution in [2.45, 2.75) is 48.9 Å². The van der Waals surface area contributed by atoms with Crippen LogP contribution < -0.4 is 32.6 Å². The number of nitrogen functional groups attached to an aromatic ring is 1. The highest BCUT2D eigenvalue weighted by molar-refractivity contribution is 8.01. The van der Waals surface area contributed by atoms with Crippen LogP contribution in [0.25, 0.3) is 11.2 Å². The number of benzene rings is 1. The number of amides is 3. The number of nitrogens with zero attached hydrogens (tertiary/aromatic N) is 4. The number of fused-ring (bicyclic) bond motifs is 1. The maximum atomic E-state index is 13.4. The molecule has 3 saturated heterocycles. The SMILES string of the molecule is Nc1nc2ncc(CNc3ccc(C(=O)N[C@H](CCC(=O)NC[C@@H]4N[C@]56SCC(C(=O)O)[C@H]5C(=O)[C@H](CC(=O)O)N6C4=O)C(=O)O)cc3)nc2c(=O)[nH]1. The molecule has 21 nitrogen and oxygen atoms in total. The lowest BCUT2D eigenvalue weighted by Gasteiger charge is -2.31. The van der Waals surface area contributed by atoms with Gasteiger partial charge in [-0.05, 0) is 30.7 Å². The molecule has 5 heterocycles. The Labute approximate surface area is 301 Å². The van der Waals surface area contributed by atoms with Crippen LogP contribution in [0.2, 0.25) is 0 Å². The number of nitrogens with two attached hydrogens (primary N) is 1. The molecule has 3 aliphatic rings. The molecule has 3 aromatic rings. The summed E-state index contributed by atoms with van der Waals surface area (Å²) in [6, 6.07) is 2.09. The van der Waals surface area contributed by atoms with Gasteiger partial charge in [0.25, 0.3) is 11.5 Å². The largest absolute Gasteiger partial charge is 0.481 e. The summed E-state index contributed by atoms with van der Waals surface area (Å²) in [6.07, 6.45) is 0.0504. The number of anilines is 2. The number of carbonyl (C=O) groups excluding carboxylic acids is 4. The van der Waals surface area contributed by atoms with E-state index in [2.05, 4.69) is 41.2 Å². The average Bonchev–Trinajstić information content (AvgIpc) is 3.69. The second-order valence-electron chi connectivity index (χ2n) is 12.5. The molecule has 3 amide bonds. The number of aromatic amines is 1. The number of nitrogens with one attached hydrogen (secondary N) is 5. The molecule has 0 aliphatic carbocycles. The predicted molar refractivity (Wildman–Crippen MR) is 182 cm³/mol. The third-order valence-electron chi connectivity index (χ3n) is 9.09. The maximum absolute atomic E-state index is 13.4. The normalized spacial score (nSPS) is 23.7. The van der Waals surface area contributed by atoms with E-state index in [1.54, 1.807) is 12.1 Å². The smallest absolute Gasteiger partial charge is 0.326 e. The Kier molecular flexibility index (Phi) is 9.99. The van der Waals surface area contributed by atoms with Crippen molar-refractivity contribution in [3.05, 3.63) is 52.1 Å². The molecule has 1 aromatic carbocycles. The highest BCUT2D eigenvalue weighted by Crippen LogP contribution is 2.56. The van der Waals surface area contributed by atoms with Crippen molar-refractivity contribution in [3.8, 4) is 0 Å². The van der Waals surface area contributed by atoms with Crippen molar-refractivity contribution in [3.63, 3.8) is 0 Å². The van der Waals surface area contributed by atoms with E-state index < -0.39 is 88.3 Å². The van der Waals surface area contributed by atoms with Crippen molar-refractivity contribution < 1.29 is 48.9 Å². The highest BCUT2D eigenvalue weighted by Gasteiger charge is 2.72. The van der Waals surface area contributed by atoms with Gasteiger partial charge >= 0.3 is 17.9 Å². The number of H-pyrrole nitrogens is 1. The molecule has 278 valence electrons. The number of Topliss-reactive ketones (excluding diaryl/α,β-unsaturated/α-hetero) is 1. The summed E-state index contributed by atoms with van der Waals surface area (Å²) >= 11 is 1.03. The molecular weight excluding hydrogens is 720 g/mol. The number of aromatic nitrogens is 4. The van der Waals surface area contributed by atoms with Crippen LogP contribution in [-0.4, -0.2) is 117 Å². The fraction of sp³-hybridized carbons (Fsp3) is 0.387. The van der Waals surface area contributed by atoms with E-state index in [9.17, 15) is 53.7 Å². The maximum Gasteiger partial charge on any atom is 0.326 e. The standard InChI is InChI=1S/C31H32N10O11S/c32-30-38-24-22(26(47)39-30)36-14(9-35-24)8-33-13-3-1-12(2-4-13)25(46)37-16(29(51)52)5-6-19(42)34-10-17-27(48)41-18(7-20(43)44)23(45)21-15(28(49)50)11-53-31(21,41)40-17/h1-4,9,15-18,21,33,40H,5-8,10-11H2,(H,34,42)(H,37,46)(H,43,44)(H,49,50)(H,51,52)(H3,32,35,38,39,47)/t15?,16-,17+,18+,21+,31-/m1/s1. The summed E-state index contributed by atoms with van der Waals surface area (Å²) in [5.74, 6) is -9.11. The zero-order chi connectivity index (χ0) is 38.2. The summed E-state index contributed by atoms with van der Waals surface area (Å²) in [7, 11) is 0. The monoisotopic (exact) mass is 752 g/mol. The summed E-state index contributed by atoms with van der Waals surface area (Å²) < 4.78 is 0. The Morgan fingerprint density at radius 2 is 1.81 bits per heavy atom. The first-order valence-corrected chi connectivity index (χ1v) is 17.1. The first-order valence-electron chi connectivity index (χ1n) is 16.1. The number of aliphatic carboxylic acids is 3. The van der Waals surface area contributed by atoms with Gasteiger partial charge in [-0.15, -0.1) is 11.8 Å². The van der Waals surface area contributed by atoms with E-state index in [0.717, 1.165) is 16.7 Å². The molecule has 3 aliphatic heterocycles. The van der Waals surface area contributed by atoms with Gasteiger partial charge in [0.15, 0.2) is 21.9 Å². The quantitative estimate of drug-likeness (QED) is 0.0854. The van der Waals surface area contributed by atoms with Crippen LogP contribution in [-0.2, 0) is 35.3 Å². The summed E-state index contributed by atoms with van der Waals surface area (Å²) in [5.41, 5.74) is 6.21. The van der Waals surface area contributed by atoms with E-state index in [1.165, 1.54) is 18.3 Å². The molecule has 0 radical (unpaired) electrons. The number of carboxylic acids is 3. The fourth-order valence-electron chi connectivity index (χ4n) is 6.63. The van der Waals surface area contributed by atoms with Gasteiger partial charge in [0.1, 0.15) is 18.1 Å². The number of rotatable bonds is 14. The molecule has 0 saturated carbocycles. The fourth-order valence-corrected chi connectivity index (χ4v) is 8.44. The molecule has 10 N–H and O–H groups in total. The molecule has 2 aromatic heterocycles. The van der Waals surface area contributed by atoms with Crippen LogP contribution in [0.4, 0.5) is 11.6 Å². The summed E-state index contributed by atoms with van der Waals surface area (Å²) in [6.45, 7) is -0.140. The van der Waals surface area contributed by atoms with Crippen molar-refractivity contribution in [2.75, 3.05) is 23.3 Å². The van der Waals surface area contributed by atoms with Crippen molar-refractivity contribution in [2.24, 2.45) is 11.8 Å². The van der Waals surface area contributed by atoms with Crippen LogP contribution in [0.15, 0.2) is 35.3 Å². The second-order valence-corrected chi connectivity index (χ2v) is 13.7. The summed E-state index contributed by atoms with van der Waals surface area (Å²) in [4.78, 5) is 114. The first kappa shape index (κ1) is 36.6. The van der Waals surface area contributed by atoms with E-state index in [1.807, 2.05) is 0 Å². The van der Waals surface area contributed by atoms with Gasteiger partial charge in [0, 0.05) is 30.0 Å². The molecule has 1 spiro atoms. The number of thioether (sulfide) groups is 1. The third kappa shape index (κ3) is 7.17. The van der Waals surface area contributed by atoms with Crippen molar-refractivity contribution >= 4 is 76.0 Å². The lowest BCUT2D eigenvalue weighted by molar-refractivity contribution is -0.145. The molecule has 53 heavy (non-hydrogen) atoms. The van der Waals surface area contributed by atoms with E-state index in [-0.39, 0.29) is 54.4 Å². The van der Waals surface area contributed by atoms with Crippen molar-refractivity contribution in [1.29, 1.82) is 0 Å². The van der Waals surface area contributed by atoms with Crippen LogP contribution >= 0.6 is 11.8 Å². The zero-order valence-electron chi connectivity index (χ0n) is 27.4. The van der Waals surface area contributed by atoms with Crippen LogP contribution in [0, 0.1) is 11.8 Å². The minimum atomic E-state index is -1.47. The Morgan fingerprint density at radius 3 is 2.49 bits per heavy atom. The molecular formula is C31H32N10O11S. The molecule has 6 rings (SSSR count). The van der Waals surface area contributed by atoms with E-state index >= 15 is 0 Å². The van der Waals surface area contributed by atoms with Crippen LogP contribution in [0.1, 0.15) is 35.3 Å². The van der Waals surface area contributed by atoms with E-state index in [4.69, 9.17) is 5.73 Å². The summed E-state index contributed by atoms with van der Waals surface area (Å²) in [5, 5.41) is 39.7. The van der Waals surface area contributed by atoms with Gasteiger partial charge < -0.3 is 41.9 Å². The van der Waals surface area contributed by atoms with Crippen molar-refractivity contribution in [1.82, 2.24) is 40.8 Å². The molecule has 6 atom stereocenters. The number of ketones is 1. The Hall–Kier alpha value is -6.16. The lowest BCUT2D eigenvalue weighted by atomic mass is 9.87. The average molecular weight is 753 g/mol. The van der Waals surface area contributed by atoms with Gasteiger partial charge in [-0.1, -0.05) is 0 Å². The highest BCUT2D eigenvalue weighted by atomic mass is 32.2. The second kappa shape index (κ2) is 14.5. The van der Waals surface area contributed by atoms with Gasteiger partial charge in [-0.3, -0.25) is 43.9 Å². The predicted octanol–water partition coefficient (Wildman–Crippen LogP) is -2.07. The minimum absolute atomic E-state index is 0.00558.